The number of benzene rings is 1. The summed E-state index contributed by atoms with van der Waals surface area (Å²) in [6.45, 7) is -4.18. The average molecular weight is 258 g/mol. The number of methoxy groups -OCH3 is 1. The van der Waals surface area contributed by atoms with Crippen molar-refractivity contribution in [3.63, 3.8) is 0 Å². The number of halogens is 3. The summed E-state index contributed by atoms with van der Waals surface area (Å²) < 4.78 is 46.6. The molecule has 0 radical (unpaired) electrons. The van der Waals surface area contributed by atoms with Gasteiger partial charge in [0.05, 0.1) is 6.61 Å². The van der Waals surface area contributed by atoms with Gasteiger partial charge in [0.1, 0.15) is 12.4 Å². The Morgan fingerprint density at radius 2 is 1.62 bits per heavy atom. The Labute approximate surface area is 135 Å². The maximum absolute atomic E-state index is 12.2. The van der Waals surface area contributed by atoms with E-state index in [1.165, 1.54) is 19.2 Å². The Morgan fingerprint density at radius 1 is 1.06 bits per heavy atom. The number of hydrogen-bond acceptors (Lipinski definition) is 2. The Bertz CT molecular complexity index is 303. The van der Waals surface area contributed by atoms with Gasteiger partial charge < -0.3 is 22.4 Å². The summed E-state index contributed by atoms with van der Waals surface area (Å²) in [7, 11) is 1.53. The van der Waals surface area contributed by atoms with Crippen molar-refractivity contribution < 1.29 is 73.8 Å². The van der Waals surface area contributed by atoms with Crippen LogP contribution in [0.15, 0.2) is 24.3 Å². The molecule has 0 unspecified atom stereocenters. The van der Waals surface area contributed by atoms with E-state index in [1.54, 1.807) is 0 Å². The summed E-state index contributed by atoms with van der Waals surface area (Å²) in [6, 6.07) is 4.64. The van der Waals surface area contributed by atoms with E-state index in [9.17, 15) is 12.9 Å². The predicted octanol–water partition coefficient (Wildman–Crippen LogP) is -1.23. The standard InChI is InChI=1S/C9H11BF3O2.K/c1-14-6-7-15-9-4-2-8(3-5-9)10(11,12)13;/h2-5H,6-7H2,1H3;/q-1;+1. The number of ether oxygens (including phenoxy) is 2. The van der Waals surface area contributed by atoms with Crippen molar-refractivity contribution in [2.75, 3.05) is 20.3 Å². The first-order valence-electron chi connectivity index (χ1n) is 4.45. The molecule has 0 N–H and O–H groups in total. The molecule has 0 saturated carbocycles. The second kappa shape index (κ2) is 7.73. The van der Waals surface area contributed by atoms with Gasteiger partial charge in [0.25, 0.3) is 0 Å². The van der Waals surface area contributed by atoms with Gasteiger partial charge in [0.2, 0.25) is 0 Å². The van der Waals surface area contributed by atoms with Crippen molar-refractivity contribution in [1.82, 2.24) is 0 Å². The van der Waals surface area contributed by atoms with Crippen LogP contribution in [0.1, 0.15) is 0 Å². The fraction of sp³-hybridized carbons (Fsp3) is 0.333. The maximum atomic E-state index is 12.2. The van der Waals surface area contributed by atoms with Crippen molar-refractivity contribution in [3.8, 4) is 5.75 Å². The molecule has 0 aliphatic rings. The van der Waals surface area contributed by atoms with Crippen molar-refractivity contribution in [1.29, 1.82) is 0 Å². The van der Waals surface area contributed by atoms with Crippen LogP contribution in [0.25, 0.3) is 0 Å². The van der Waals surface area contributed by atoms with Crippen LogP contribution in [0.5, 0.6) is 5.75 Å². The molecule has 0 saturated heterocycles. The smallest absolute Gasteiger partial charge is 0.491 e. The summed E-state index contributed by atoms with van der Waals surface area (Å²) >= 11 is 0. The monoisotopic (exact) mass is 258 g/mol. The summed E-state index contributed by atoms with van der Waals surface area (Å²) in [6.07, 6.45) is 0. The molecule has 1 aromatic rings. The van der Waals surface area contributed by atoms with E-state index in [-0.39, 0.29) is 51.4 Å². The third-order valence-electron chi connectivity index (χ3n) is 1.81. The molecule has 0 aliphatic carbocycles. The van der Waals surface area contributed by atoms with Gasteiger partial charge in [-0.15, -0.1) is 5.46 Å². The predicted molar refractivity (Wildman–Crippen MR) is 52.5 cm³/mol. The van der Waals surface area contributed by atoms with Crippen LogP contribution in [0.4, 0.5) is 12.9 Å². The fourth-order valence-corrected chi connectivity index (χ4v) is 1.03. The van der Waals surface area contributed by atoms with Crippen LogP contribution in [0, 0.1) is 0 Å². The molecular weight excluding hydrogens is 247 g/mol. The van der Waals surface area contributed by atoms with Crippen molar-refractivity contribution in [3.05, 3.63) is 24.3 Å². The molecule has 0 aliphatic heterocycles. The molecular formula is C9H11BF3KO2. The van der Waals surface area contributed by atoms with Gasteiger partial charge in [0.15, 0.2) is 0 Å². The minimum atomic E-state index is -4.92. The molecule has 0 amide bonds. The van der Waals surface area contributed by atoms with Gasteiger partial charge >= 0.3 is 58.4 Å². The first kappa shape index (κ1) is 16.5. The fourth-order valence-electron chi connectivity index (χ4n) is 1.03. The van der Waals surface area contributed by atoms with Crippen LogP contribution in [-0.2, 0) is 4.74 Å². The van der Waals surface area contributed by atoms with Crippen LogP contribution in [-0.4, -0.2) is 27.3 Å². The van der Waals surface area contributed by atoms with Crippen molar-refractivity contribution >= 4 is 12.4 Å². The molecule has 1 aromatic carbocycles. The number of hydrogen-bond donors (Lipinski definition) is 0. The average Bonchev–Trinajstić information content (AvgIpc) is 2.18. The normalized spacial score (nSPS) is 10.8. The molecule has 7 heteroatoms. The summed E-state index contributed by atoms with van der Waals surface area (Å²) in [4.78, 5) is 0. The Hall–Kier alpha value is 0.471. The zero-order valence-electron chi connectivity index (χ0n) is 9.25. The second-order valence-electron chi connectivity index (χ2n) is 2.99. The molecule has 16 heavy (non-hydrogen) atoms. The van der Waals surface area contributed by atoms with E-state index < -0.39 is 12.4 Å². The molecule has 0 spiro atoms. The Morgan fingerprint density at radius 3 is 2.06 bits per heavy atom. The van der Waals surface area contributed by atoms with Gasteiger partial charge in [-0.25, -0.2) is 0 Å². The van der Waals surface area contributed by atoms with Crippen LogP contribution < -0.4 is 61.6 Å². The van der Waals surface area contributed by atoms with Crippen molar-refractivity contribution in [2.45, 2.75) is 0 Å². The molecule has 1 rings (SSSR count). The van der Waals surface area contributed by atoms with Crippen molar-refractivity contribution in [2.24, 2.45) is 0 Å². The molecule has 84 valence electrons. The van der Waals surface area contributed by atoms with E-state index >= 15 is 0 Å². The molecule has 0 atom stereocenters. The SMILES string of the molecule is COCCOc1ccc([B-](F)(F)F)cc1.[K+]. The zero-order chi connectivity index (χ0) is 11.3. The van der Waals surface area contributed by atoms with Crippen LogP contribution in [0.2, 0.25) is 0 Å². The molecule has 0 bridgehead atoms. The molecule has 0 heterocycles. The summed E-state index contributed by atoms with van der Waals surface area (Å²) in [5.41, 5.74) is -0.617. The third-order valence-corrected chi connectivity index (χ3v) is 1.81. The largest absolute Gasteiger partial charge is 1.00 e. The maximum Gasteiger partial charge on any atom is 1.00 e. The van der Waals surface area contributed by atoms with Gasteiger partial charge in [-0.3, -0.25) is 0 Å². The topological polar surface area (TPSA) is 18.5 Å². The zero-order valence-corrected chi connectivity index (χ0v) is 12.4. The first-order chi connectivity index (χ1) is 7.04. The van der Waals surface area contributed by atoms with E-state index in [1.807, 2.05) is 0 Å². The quantitative estimate of drug-likeness (QED) is 0.486. The molecule has 0 fully saturated rings. The Kier molecular flexibility index (Phi) is 7.96. The minimum Gasteiger partial charge on any atom is -0.491 e. The Balaban J connectivity index is 0.00000225. The van der Waals surface area contributed by atoms with Gasteiger partial charge in [-0.2, -0.15) is 0 Å². The third kappa shape index (κ3) is 5.70. The van der Waals surface area contributed by atoms with Gasteiger partial charge in [0, 0.05) is 7.11 Å². The van der Waals surface area contributed by atoms with Crippen LogP contribution >= 0.6 is 0 Å². The van der Waals surface area contributed by atoms with Crippen LogP contribution in [0.3, 0.4) is 0 Å². The van der Waals surface area contributed by atoms with E-state index in [0.29, 0.717) is 19.0 Å². The van der Waals surface area contributed by atoms with E-state index in [4.69, 9.17) is 9.47 Å². The van der Waals surface area contributed by atoms with E-state index in [0.717, 1.165) is 12.1 Å². The number of rotatable bonds is 5. The second-order valence-corrected chi connectivity index (χ2v) is 2.99. The van der Waals surface area contributed by atoms with Gasteiger partial charge in [-0.1, -0.05) is 12.1 Å². The first-order valence-corrected chi connectivity index (χ1v) is 4.45. The summed E-state index contributed by atoms with van der Waals surface area (Å²) in [5.74, 6) is 0.413. The van der Waals surface area contributed by atoms with E-state index in [2.05, 4.69) is 0 Å². The molecule has 2 nitrogen and oxygen atoms in total. The molecule has 0 aromatic heterocycles. The summed E-state index contributed by atoms with van der Waals surface area (Å²) in [5, 5.41) is 0. The minimum absolute atomic E-state index is 0. The van der Waals surface area contributed by atoms with Gasteiger partial charge in [-0.05, 0) is 12.1 Å².